The predicted octanol–water partition coefficient (Wildman–Crippen LogP) is 1.51. The molecule has 2 aliphatic rings. The molecule has 168 valence electrons. The molecule has 2 fully saturated rings. The monoisotopic (exact) mass is 471 g/mol. The quantitative estimate of drug-likeness (QED) is 0.582. The average Bonchev–Trinajstić information content (AvgIpc) is 3.33. The summed E-state index contributed by atoms with van der Waals surface area (Å²) in [7, 11) is 0. The van der Waals surface area contributed by atoms with Crippen LogP contribution in [0, 0.1) is 0 Å². The summed E-state index contributed by atoms with van der Waals surface area (Å²) in [6.07, 6.45) is 0.281. The van der Waals surface area contributed by atoms with Crippen LogP contribution in [0.3, 0.4) is 0 Å². The molecule has 0 bridgehead atoms. The maximum atomic E-state index is 12.8. The van der Waals surface area contributed by atoms with Crippen LogP contribution in [0.1, 0.15) is 36.5 Å². The summed E-state index contributed by atoms with van der Waals surface area (Å²) in [5, 5.41) is 5.60. The van der Waals surface area contributed by atoms with E-state index in [4.69, 9.17) is 32.7 Å². The Balaban J connectivity index is 1.58. The van der Waals surface area contributed by atoms with E-state index < -0.39 is 36.2 Å². The fourth-order valence-electron chi connectivity index (χ4n) is 3.65. The number of rotatable bonds is 7. The van der Waals surface area contributed by atoms with E-state index in [2.05, 4.69) is 10.6 Å². The molecule has 3 amide bonds. The number of ether oxygens (including phenoxy) is 2. The topological polar surface area (TPSA) is 114 Å². The van der Waals surface area contributed by atoms with Gasteiger partial charge in [0.05, 0.1) is 28.6 Å². The summed E-state index contributed by atoms with van der Waals surface area (Å²) < 4.78 is 10.4. The molecular formula is C20H23Cl2N3O6. The smallest absolute Gasteiger partial charge is 0.310 e. The molecule has 0 unspecified atom stereocenters. The fraction of sp³-hybridized carbons (Fsp3) is 0.500. The predicted molar refractivity (Wildman–Crippen MR) is 112 cm³/mol. The van der Waals surface area contributed by atoms with Gasteiger partial charge in [0.1, 0.15) is 12.1 Å². The van der Waals surface area contributed by atoms with E-state index in [0.29, 0.717) is 26.0 Å². The van der Waals surface area contributed by atoms with Gasteiger partial charge in [0, 0.05) is 13.2 Å². The second-order valence-corrected chi connectivity index (χ2v) is 7.97. The number of carbonyl (C=O) groups excluding carboxylic acids is 4. The van der Waals surface area contributed by atoms with Crippen LogP contribution in [0.5, 0.6) is 0 Å². The molecule has 9 nitrogen and oxygen atoms in total. The Bertz CT molecular complexity index is 860. The highest BCUT2D eigenvalue weighted by molar-refractivity contribution is 6.39. The molecule has 3 rings (SSSR count). The van der Waals surface area contributed by atoms with Crippen LogP contribution in [-0.2, 0) is 23.9 Å². The van der Waals surface area contributed by atoms with Crippen molar-refractivity contribution in [1.29, 1.82) is 0 Å². The number of nitrogens with one attached hydrogen (secondary N) is 2. The first-order valence-electron chi connectivity index (χ1n) is 9.95. The van der Waals surface area contributed by atoms with Gasteiger partial charge in [-0.05, 0) is 31.9 Å². The van der Waals surface area contributed by atoms with Crippen molar-refractivity contribution >= 4 is 46.9 Å². The maximum absolute atomic E-state index is 12.8. The van der Waals surface area contributed by atoms with E-state index in [1.165, 1.54) is 17.0 Å². The van der Waals surface area contributed by atoms with E-state index in [1.807, 2.05) is 0 Å². The standard InChI is InChI=1S/C20H23Cl2N3O6/c1-2-30-20-13(9-16(27)31-20)24-18(28)14-7-4-8-25(14)15(26)10-23-19(29)17-11(21)5-3-6-12(17)22/h3,5-6,13-14,20H,2,4,7-10H2,1H3,(H,23,29)(H,24,28)/t13-,14-,20+/m0/s1. The second kappa shape index (κ2) is 10.3. The molecule has 0 aromatic heterocycles. The minimum absolute atomic E-state index is 0.00568. The van der Waals surface area contributed by atoms with Crippen molar-refractivity contribution < 1.29 is 28.7 Å². The molecule has 1 aromatic carbocycles. The lowest BCUT2D eigenvalue weighted by atomic mass is 10.1. The molecule has 0 spiro atoms. The Morgan fingerprint density at radius 3 is 2.65 bits per heavy atom. The van der Waals surface area contributed by atoms with Gasteiger partial charge in [-0.3, -0.25) is 19.2 Å². The van der Waals surface area contributed by atoms with Crippen molar-refractivity contribution in [1.82, 2.24) is 15.5 Å². The number of benzene rings is 1. The van der Waals surface area contributed by atoms with Crippen LogP contribution in [-0.4, -0.2) is 66.7 Å². The number of hydrogen-bond donors (Lipinski definition) is 2. The van der Waals surface area contributed by atoms with Crippen molar-refractivity contribution in [3.8, 4) is 0 Å². The van der Waals surface area contributed by atoms with Crippen LogP contribution >= 0.6 is 23.2 Å². The number of amides is 3. The molecular weight excluding hydrogens is 449 g/mol. The van der Waals surface area contributed by atoms with Gasteiger partial charge in [-0.1, -0.05) is 29.3 Å². The Kier molecular flexibility index (Phi) is 7.74. The van der Waals surface area contributed by atoms with E-state index in [-0.39, 0.29) is 34.5 Å². The Morgan fingerprint density at radius 1 is 1.26 bits per heavy atom. The van der Waals surface area contributed by atoms with Gasteiger partial charge in [-0.2, -0.15) is 0 Å². The number of halogens is 2. The zero-order valence-corrected chi connectivity index (χ0v) is 18.4. The molecule has 2 heterocycles. The highest BCUT2D eigenvalue weighted by Crippen LogP contribution is 2.24. The molecule has 11 heteroatoms. The largest absolute Gasteiger partial charge is 0.433 e. The second-order valence-electron chi connectivity index (χ2n) is 7.16. The molecule has 0 aliphatic carbocycles. The van der Waals surface area contributed by atoms with Crippen LogP contribution in [0.2, 0.25) is 10.0 Å². The Morgan fingerprint density at radius 2 is 1.97 bits per heavy atom. The average molecular weight is 472 g/mol. The molecule has 2 saturated heterocycles. The highest BCUT2D eigenvalue weighted by Gasteiger charge is 2.40. The molecule has 31 heavy (non-hydrogen) atoms. The summed E-state index contributed by atoms with van der Waals surface area (Å²) in [4.78, 5) is 50.8. The summed E-state index contributed by atoms with van der Waals surface area (Å²) in [6.45, 7) is 2.16. The van der Waals surface area contributed by atoms with Crippen molar-refractivity contribution in [3.63, 3.8) is 0 Å². The third-order valence-corrected chi connectivity index (χ3v) is 5.72. The number of likely N-dealkylation sites (tertiary alicyclic amines) is 1. The molecule has 2 aliphatic heterocycles. The van der Waals surface area contributed by atoms with Crippen molar-refractivity contribution in [3.05, 3.63) is 33.8 Å². The summed E-state index contributed by atoms with van der Waals surface area (Å²) in [5.74, 6) is -1.83. The van der Waals surface area contributed by atoms with Crippen LogP contribution in [0.15, 0.2) is 18.2 Å². The van der Waals surface area contributed by atoms with Gasteiger partial charge in [0.25, 0.3) is 5.91 Å². The number of nitrogens with zero attached hydrogens (tertiary/aromatic N) is 1. The minimum Gasteiger partial charge on any atom is -0.433 e. The maximum Gasteiger partial charge on any atom is 0.310 e. The summed E-state index contributed by atoms with van der Waals surface area (Å²) in [6, 6.07) is 3.35. The highest BCUT2D eigenvalue weighted by atomic mass is 35.5. The third-order valence-electron chi connectivity index (χ3n) is 5.09. The van der Waals surface area contributed by atoms with Crippen molar-refractivity contribution in [2.24, 2.45) is 0 Å². The SMILES string of the molecule is CCO[C@@H]1OC(=O)C[C@@H]1NC(=O)[C@@H]1CCCN1C(=O)CNC(=O)c1c(Cl)cccc1Cl. The zero-order chi connectivity index (χ0) is 22.5. The van der Waals surface area contributed by atoms with Crippen molar-refractivity contribution in [2.75, 3.05) is 19.7 Å². The van der Waals surface area contributed by atoms with Crippen LogP contribution in [0.25, 0.3) is 0 Å². The number of esters is 1. The normalized spacial score (nSPS) is 22.9. The number of cyclic esters (lactones) is 1. The lowest BCUT2D eigenvalue weighted by Gasteiger charge is -2.26. The fourth-order valence-corrected chi connectivity index (χ4v) is 4.22. The van der Waals surface area contributed by atoms with E-state index >= 15 is 0 Å². The first-order valence-corrected chi connectivity index (χ1v) is 10.7. The Labute approximate surface area is 189 Å². The van der Waals surface area contributed by atoms with E-state index in [0.717, 1.165) is 0 Å². The lowest BCUT2D eigenvalue weighted by molar-refractivity contribution is -0.164. The molecule has 2 N–H and O–H groups in total. The van der Waals surface area contributed by atoms with Gasteiger partial charge in [-0.25, -0.2) is 0 Å². The van der Waals surface area contributed by atoms with Crippen LogP contribution in [0.4, 0.5) is 0 Å². The number of carbonyl (C=O) groups is 4. The van der Waals surface area contributed by atoms with Gasteiger partial charge >= 0.3 is 5.97 Å². The molecule has 1 aromatic rings. The first kappa shape index (κ1) is 23.3. The van der Waals surface area contributed by atoms with E-state index in [1.54, 1.807) is 13.0 Å². The third kappa shape index (κ3) is 5.47. The first-order chi connectivity index (χ1) is 14.8. The summed E-state index contributed by atoms with van der Waals surface area (Å²) >= 11 is 12.0. The minimum atomic E-state index is -0.841. The van der Waals surface area contributed by atoms with Gasteiger partial charge in [-0.15, -0.1) is 0 Å². The van der Waals surface area contributed by atoms with Crippen LogP contribution < -0.4 is 10.6 Å². The lowest BCUT2D eigenvalue weighted by Crippen LogP contribution is -2.52. The van der Waals surface area contributed by atoms with E-state index in [9.17, 15) is 19.2 Å². The zero-order valence-electron chi connectivity index (χ0n) is 16.9. The Hall–Kier alpha value is -2.36. The van der Waals surface area contributed by atoms with Crippen molar-refractivity contribution in [2.45, 2.75) is 44.6 Å². The summed E-state index contributed by atoms with van der Waals surface area (Å²) in [5.41, 5.74) is 0.0854. The van der Waals surface area contributed by atoms with Gasteiger partial charge in [0.2, 0.25) is 18.1 Å². The molecule has 3 atom stereocenters. The molecule has 0 radical (unpaired) electrons. The van der Waals surface area contributed by atoms with Gasteiger partial charge in [0.15, 0.2) is 0 Å². The molecule has 0 saturated carbocycles. The van der Waals surface area contributed by atoms with Gasteiger partial charge < -0.3 is 25.0 Å². The number of hydrogen-bond acceptors (Lipinski definition) is 6.